The molecule has 0 aliphatic carbocycles. The summed E-state index contributed by atoms with van der Waals surface area (Å²) in [5, 5.41) is 0. The number of hydrogen-bond acceptors (Lipinski definition) is 4. The molecule has 5 heteroatoms. The van der Waals surface area contributed by atoms with Crippen LogP contribution in [-0.2, 0) is 14.3 Å². The summed E-state index contributed by atoms with van der Waals surface area (Å²) in [5.74, 6) is -0.357. The third kappa shape index (κ3) is 5.77. The Hall–Kier alpha value is -1.52. The molecule has 0 saturated carbocycles. The number of carbonyl (C=O) groups is 2. The van der Waals surface area contributed by atoms with E-state index in [1.165, 1.54) is 4.90 Å². The second kappa shape index (κ2) is 9.42. The molecule has 0 radical (unpaired) electrons. The van der Waals surface area contributed by atoms with Gasteiger partial charge < -0.3 is 9.47 Å². The van der Waals surface area contributed by atoms with Crippen LogP contribution in [0.25, 0.3) is 0 Å². The van der Waals surface area contributed by atoms with E-state index in [9.17, 15) is 9.59 Å². The van der Waals surface area contributed by atoms with Crippen LogP contribution in [0.2, 0.25) is 0 Å². The van der Waals surface area contributed by atoms with Gasteiger partial charge in [0.05, 0.1) is 18.8 Å². The molecule has 0 aliphatic rings. The predicted octanol–water partition coefficient (Wildman–Crippen LogP) is 3.10. The first-order valence-corrected chi connectivity index (χ1v) is 6.76. The first-order chi connectivity index (χ1) is 8.99. The van der Waals surface area contributed by atoms with Crippen molar-refractivity contribution in [3.05, 3.63) is 11.3 Å². The molecule has 0 rings (SSSR count). The lowest BCUT2D eigenvalue weighted by molar-refractivity contribution is -0.138. The average Bonchev–Trinajstić information content (AvgIpc) is 2.38. The average molecular weight is 271 g/mol. The molecule has 0 spiro atoms. The normalized spacial score (nSPS) is 11.6. The van der Waals surface area contributed by atoms with Crippen LogP contribution in [0.1, 0.15) is 47.0 Å². The molecule has 0 saturated heterocycles. The van der Waals surface area contributed by atoms with Crippen LogP contribution in [0.15, 0.2) is 11.3 Å². The van der Waals surface area contributed by atoms with Gasteiger partial charge in [-0.1, -0.05) is 13.3 Å². The van der Waals surface area contributed by atoms with Gasteiger partial charge >= 0.3 is 12.1 Å². The minimum absolute atomic E-state index is 0.306. The van der Waals surface area contributed by atoms with Crippen molar-refractivity contribution in [2.75, 3.05) is 20.3 Å². The van der Waals surface area contributed by atoms with E-state index in [1.807, 2.05) is 6.92 Å². The highest BCUT2D eigenvalue weighted by Crippen LogP contribution is 2.17. The summed E-state index contributed by atoms with van der Waals surface area (Å²) in [6, 6.07) is 0. The van der Waals surface area contributed by atoms with Crippen LogP contribution in [0, 0.1) is 0 Å². The molecule has 0 bridgehead atoms. The Bertz CT molecular complexity index is 336. The van der Waals surface area contributed by atoms with Gasteiger partial charge in [-0.05, 0) is 33.6 Å². The number of unbranched alkanes of at least 4 members (excludes halogenated alkanes) is 1. The van der Waals surface area contributed by atoms with Gasteiger partial charge in [-0.15, -0.1) is 0 Å². The maximum absolute atomic E-state index is 11.9. The van der Waals surface area contributed by atoms with Crippen molar-refractivity contribution in [3.63, 3.8) is 0 Å². The molecule has 110 valence electrons. The minimum Gasteiger partial charge on any atom is -0.463 e. The zero-order valence-electron chi connectivity index (χ0n) is 12.6. The van der Waals surface area contributed by atoms with Gasteiger partial charge in [-0.3, -0.25) is 4.90 Å². The van der Waals surface area contributed by atoms with Crippen LogP contribution in [0.5, 0.6) is 0 Å². The van der Waals surface area contributed by atoms with Gasteiger partial charge in [0.2, 0.25) is 0 Å². The second-order valence-electron chi connectivity index (χ2n) is 4.15. The molecular formula is C14H25NO4. The Morgan fingerprint density at radius 2 is 1.63 bits per heavy atom. The lowest BCUT2D eigenvalue weighted by Gasteiger charge is -2.20. The number of rotatable bonds is 7. The molecule has 0 aliphatic heterocycles. The summed E-state index contributed by atoms with van der Waals surface area (Å²) in [6.45, 7) is 7.92. The van der Waals surface area contributed by atoms with Crippen molar-refractivity contribution in [1.82, 2.24) is 4.90 Å². The van der Waals surface area contributed by atoms with Crippen LogP contribution in [0.3, 0.4) is 0 Å². The summed E-state index contributed by atoms with van der Waals surface area (Å²) in [5.41, 5.74) is 1.13. The first-order valence-electron chi connectivity index (χ1n) is 6.76. The first kappa shape index (κ1) is 17.5. The van der Waals surface area contributed by atoms with Crippen molar-refractivity contribution in [1.29, 1.82) is 0 Å². The van der Waals surface area contributed by atoms with Crippen LogP contribution >= 0.6 is 0 Å². The molecule has 0 heterocycles. The zero-order chi connectivity index (χ0) is 14.8. The molecule has 0 aromatic rings. The molecular weight excluding hydrogens is 246 g/mol. The fraction of sp³-hybridized carbons (Fsp3) is 0.714. The smallest absolute Gasteiger partial charge is 0.413 e. The maximum Gasteiger partial charge on any atom is 0.413 e. The lowest BCUT2D eigenvalue weighted by Crippen LogP contribution is -2.28. The standard InChI is InChI=1S/C14H25NO4/c1-6-9-10-12(13(16)18-7-2)11(4)15(5)14(17)19-8-3/h6-10H2,1-5H3/b12-11-. The Kier molecular flexibility index (Phi) is 8.66. The summed E-state index contributed by atoms with van der Waals surface area (Å²) in [7, 11) is 1.60. The summed E-state index contributed by atoms with van der Waals surface area (Å²) in [4.78, 5) is 24.9. The van der Waals surface area contributed by atoms with E-state index in [-0.39, 0.29) is 5.97 Å². The fourth-order valence-electron chi connectivity index (χ4n) is 1.56. The highest BCUT2D eigenvalue weighted by Gasteiger charge is 2.20. The Morgan fingerprint density at radius 3 is 2.11 bits per heavy atom. The Labute approximate surface area is 115 Å². The van der Waals surface area contributed by atoms with E-state index in [4.69, 9.17) is 9.47 Å². The van der Waals surface area contributed by atoms with Crippen molar-refractivity contribution < 1.29 is 19.1 Å². The maximum atomic E-state index is 11.9. The van der Waals surface area contributed by atoms with E-state index in [0.717, 1.165) is 12.8 Å². The molecule has 0 atom stereocenters. The molecule has 0 aromatic heterocycles. The second-order valence-corrected chi connectivity index (χ2v) is 4.15. The van der Waals surface area contributed by atoms with E-state index in [0.29, 0.717) is 30.9 Å². The van der Waals surface area contributed by atoms with Crippen LogP contribution < -0.4 is 0 Å². The summed E-state index contributed by atoms with van der Waals surface area (Å²) >= 11 is 0. The lowest BCUT2D eigenvalue weighted by atomic mass is 10.1. The molecule has 0 aromatic carbocycles. The molecule has 5 nitrogen and oxygen atoms in total. The summed E-state index contributed by atoms with van der Waals surface area (Å²) < 4.78 is 9.96. The zero-order valence-corrected chi connectivity index (χ0v) is 12.6. The van der Waals surface area contributed by atoms with Gasteiger partial charge in [-0.2, -0.15) is 0 Å². The van der Waals surface area contributed by atoms with Gasteiger partial charge in [0.15, 0.2) is 0 Å². The molecule has 0 unspecified atom stereocenters. The highest BCUT2D eigenvalue weighted by molar-refractivity contribution is 5.90. The SMILES string of the molecule is CCCC/C(C(=O)OCC)=C(\C)N(C)C(=O)OCC. The highest BCUT2D eigenvalue weighted by atomic mass is 16.6. The van der Waals surface area contributed by atoms with Crippen molar-refractivity contribution >= 4 is 12.1 Å². The fourth-order valence-corrected chi connectivity index (χ4v) is 1.56. The van der Waals surface area contributed by atoms with Crippen LogP contribution in [-0.4, -0.2) is 37.2 Å². The van der Waals surface area contributed by atoms with Crippen molar-refractivity contribution in [2.24, 2.45) is 0 Å². The van der Waals surface area contributed by atoms with E-state index in [2.05, 4.69) is 0 Å². The minimum atomic E-state index is -0.460. The molecule has 19 heavy (non-hydrogen) atoms. The van der Waals surface area contributed by atoms with E-state index >= 15 is 0 Å². The third-order valence-electron chi connectivity index (χ3n) is 2.78. The Balaban J connectivity index is 5.09. The Morgan fingerprint density at radius 1 is 1.05 bits per heavy atom. The molecule has 1 amide bonds. The van der Waals surface area contributed by atoms with E-state index < -0.39 is 6.09 Å². The number of amides is 1. The number of carbonyl (C=O) groups excluding carboxylic acids is 2. The van der Waals surface area contributed by atoms with E-state index in [1.54, 1.807) is 27.8 Å². The van der Waals surface area contributed by atoms with Gasteiger partial charge in [0, 0.05) is 12.7 Å². The van der Waals surface area contributed by atoms with Crippen molar-refractivity contribution in [2.45, 2.75) is 47.0 Å². The number of nitrogens with zero attached hydrogens (tertiary/aromatic N) is 1. The quantitative estimate of drug-likeness (QED) is 0.527. The molecule has 0 N–H and O–H groups in total. The topological polar surface area (TPSA) is 55.8 Å². The number of esters is 1. The van der Waals surface area contributed by atoms with Crippen LogP contribution in [0.4, 0.5) is 4.79 Å². The van der Waals surface area contributed by atoms with Gasteiger partial charge in [0.25, 0.3) is 0 Å². The molecule has 0 fully saturated rings. The van der Waals surface area contributed by atoms with Crippen molar-refractivity contribution in [3.8, 4) is 0 Å². The van der Waals surface area contributed by atoms with Gasteiger partial charge in [0.1, 0.15) is 0 Å². The number of ether oxygens (including phenoxy) is 2. The third-order valence-corrected chi connectivity index (χ3v) is 2.78. The number of allylic oxidation sites excluding steroid dienone is 1. The summed E-state index contributed by atoms with van der Waals surface area (Å²) in [6.07, 6.45) is 1.99. The number of hydrogen-bond donors (Lipinski definition) is 0. The monoisotopic (exact) mass is 271 g/mol. The van der Waals surface area contributed by atoms with Gasteiger partial charge in [-0.25, -0.2) is 9.59 Å². The predicted molar refractivity (Wildman–Crippen MR) is 73.6 cm³/mol. The largest absolute Gasteiger partial charge is 0.463 e.